The van der Waals surface area contributed by atoms with Crippen LogP contribution in [0.1, 0.15) is 62.6 Å². The Labute approximate surface area is 117 Å². The van der Waals surface area contributed by atoms with Crippen LogP contribution in [-0.4, -0.2) is 5.11 Å². The first-order valence-electron chi connectivity index (χ1n) is 7.58. The summed E-state index contributed by atoms with van der Waals surface area (Å²) in [5.41, 5.74) is 4.19. The molecule has 3 atom stereocenters. The quantitative estimate of drug-likeness (QED) is 0.756. The monoisotopic (exact) mass is 258 g/mol. The Balaban J connectivity index is 2.09. The lowest BCUT2D eigenvalue weighted by Crippen LogP contribution is -2.31. The summed E-state index contributed by atoms with van der Waals surface area (Å²) in [5, 5.41) is 10.6. The molecule has 0 spiro atoms. The maximum Gasteiger partial charge on any atom is 0.122 e. The van der Waals surface area contributed by atoms with E-state index in [4.69, 9.17) is 0 Å². The van der Waals surface area contributed by atoms with Gasteiger partial charge >= 0.3 is 0 Å². The number of benzene rings is 1. The third kappa shape index (κ3) is 1.48. The van der Waals surface area contributed by atoms with Crippen LogP contribution < -0.4 is 0 Å². The van der Waals surface area contributed by atoms with Gasteiger partial charge in [-0.1, -0.05) is 32.9 Å². The van der Waals surface area contributed by atoms with Gasteiger partial charge in [0.05, 0.1) is 0 Å². The number of rotatable bonds is 1. The van der Waals surface area contributed by atoms with Crippen molar-refractivity contribution in [3.63, 3.8) is 0 Å². The number of hydrogen-bond donors (Lipinski definition) is 1. The molecule has 2 saturated carbocycles. The number of aryl methyl sites for hydroxylation is 1. The molecule has 3 rings (SSSR count). The van der Waals surface area contributed by atoms with Gasteiger partial charge in [0, 0.05) is 0 Å². The molecule has 1 heteroatoms. The average Bonchev–Trinajstić information content (AvgIpc) is 2.69. The minimum atomic E-state index is 0.344. The van der Waals surface area contributed by atoms with E-state index in [0.29, 0.717) is 22.5 Å². The van der Waals surface area contributed by atoms with Gasteiger partial charge in [-0.25, -0.2) is 0 Å². The van der Waals surface area contributed by atoms with Gasteiger partial charge in [0.1, 0.15) is 5.75 Å². The first-order valence-corrected chi connectivity index (χ1v) is 7.58. The van der Waals surface area contributed by atoms with Crippen molar-refractivity contribution in [2.45, 2.75) is 59.8 Å². The molecule has 19 heavy (non-hydrogen) atoms. The van der Waals surface area contributed by atoms with Crippen molar-refractivity contribution in [3.8, 4) is 5.75 Å². The molecule has 0 aromatic heterocycles. The minimum Gasteiger partial charge on any atom is -0.507 e. The zero-order valence-corrected chi connectivity index (χ0v) is 12.9. The molecule has 0 amide bonds. The van der Waals surface area contributed by atoms with Crippen LogP contribution in [0.2, 0.25) is 0 Å². The summed E-state index contributed by atoms with van der Waals surface area (Å²) in [6.45, 7) is 11.4. The summed E-state index contributed by atoms with van der Waals surface area (Å²) in [6, 6.07) is 4.34. The largest absolute Gasteiger partial charge is 0.507 e. The van der Waals surface area contributed by atoms with Gasteiger partial charge in [-0.15, -0.1) is 0 Å². The topological polar surface area (TPSA) is 20.2 Å². The van der Waals surface area contributed by atoms with Crippen molar-refractivity contribution < 1.29 is 5.11 Å². The Bertz CT molecular complexity index is 529. The van der Waals surface area contributed by atoms with Crippen molar-refractivity contribution in [1.82, 2.24) is 0 Å². The fourth-order valence-electron chi connectivity index (χ4n) is 4.78. The summed E-state index contributed by atoms with van der Waals surface area (Å²) in [4.78, 5) is 0. The predicted molar refractivity (Wildman–Crippen MR) is 79.6 cm³/mol. The second-order valence-electron chi connectivity index (χ2n) is 7.61. The highest BCUT2D eigenvalue weighted by Gasteiger charge is 2.61. The standard InChI is InChI=1S/C18H26O/c1-11-6-7-14(16(19)12(11)2)15-10-13-8-9-18(15,5)17(13,3)4/h6-7,13,15,19H,8-10H2,1-5H3. The van der Waals surface area contributed by atoms with Crippen LogP contribution in [-0.2, 0) is 0 Å². The van der Waals surface area contributed by atoms with Gasteiger partial charge < -0.3 is 5.11 Å². The van der Waals surface area contributed by atoms with E-state index >= 15 is 0 Å². The zero-order chi connectivity index (χ0) is 14.0. The highest BCUT2D eigenvalue weighted by molar-refractivity contribution is 5.47. The molecule has 1 nitrogen and oxygen atoms in total. The minimum absolute atomic E-state index is 0.344. The summed E-state index contributed by atoms with van der Waals surface area (Å²) in [6.07, 6.45) is 3.92. The third-order valence-electron chi connectivity index (χ3n) is 6.90. The Kier molecular flexibility index (Phi) is 2.59. The van der Waals surface area contributed by atoms with E-state index in [1.54, 1.807) is 0 Å². The molecule has 1 aromatic carbocycles. The van der Waals surface area contributed by atoms with Crippen molar-refractivity contribution in [2.24, 2.45) is 16.7 Å². The number of phenols is 1. The molecule has 2 fully saturated rings. The molecule has 0 aliphatic heterocycles. The normalized spacial score (nSPS) is 35.8. The molecule has 3 unspecified atom stereocenters. The first kappa shape index (κ1) is 13.0. The van der Waals surface area contributed by atoms with Gasteiger partial charge in [-0.3, -0.25) is 0 Å². The highest BCUT2D eigenvalue weighted by atomic mass is 16.3. The van der Waals surface area contributed by atoms with E-state index in [2.05, 4.69) is 39.8 Å². The fourth-order valence-corrected chi connectivity index (χ4v) is 4.78. The molecule has 0 radical (unpaired) electrons. The molecule has 2 aliphatic carbocycles. The molecule has 2 bridgehead atoms. The summed E-state index contributed by atoms with van der Waals surface area (Å²) < 4.78 is 0. The molecule has 0 saturated heterocycles. The fraction of sp³-hybridized carbons (Fsp3) is 0.667. The SMILES string of the molecule is Cc1ccc(C2CC3CCC2(C)C3(C)C)c(O)c1C. The summed E-state index contributed by atoms with van der Waals surface area (Å²) >= 11 is 0. The number of aromatic hydroxyl groups is 1. The van der Waals surface area contributed by atoms with Gasteiger partial charge in [0.25, 0.3) is 0 Å². The first-order chi connectivity index (χ1) is 8.79. The van der Waals surface area contributed by atoms with Gasteiger partial charge in [0.15, 0.2) is 0 Å². The van der Waals surface area contributed by atoms with Crippen LogP contribution >= 0.6 is 0 Å². The van der Waals surface area contributed by atoms with E-state index in [1.165, 1.54) is 30.4 Å². The lowest BCUT2D eigenvalue weighted by molar-refractivity contribution is 0.133. The number of fused-ring (bicyclic) bond motifs is 2. The Morgan fingerprint density at radius 2 is 1.84 bits per heavy atom. The Hall–Kier alpha value is -0.980. The summed E-state index contributed by atoms with van der Waals surface area (Å²) in [7, 11) is 0. The molecular formula is C18H26O. The second kappa shape index (κ2) is 3.77. The number of phenolic OH excluding ortho intramolecular Hbond substituents is 1. The van der Waals surface area contributed by atoms with Crippen LogP contribution in [0.25, 0.3) is 0 Å². The van der Waals surface area contributed by atoms with Crippen molar-refractivity contribution in [3.05, 3.63) is 28.8 Å². The van der Waals surface area contributed by atoms with E-state index in [9.17, 15) is 5.11 Å². The van der Waals surface area contributed by atoms with Crippen molar-refractivity contribution in [1.29, 1.82) is 0 Å². The van der Waals surface area contributed by atoms with E-state index in [1.807, 2.05) is 6.92 Å². The maximum absolute atomic E-state index is 10.6. The molecule has 1 N–H and O–H groups in total. The predicted octanol–water partition coefficient (Wildman–Crippen LogP) is 4.94. The van der Waals surface area contributed by atoms with Crippen molar-refractivity contribution in [2.75, 3.05) is 0 Å². The van der Waals surface area contributed by atoms with Crippen LogP contribution in [0, 0.1) is 30.6 Å². The van der Waals surface area contributed by atoms with Crippen molar-refractivity contribution >= 4 is 0 Å². The van der Waals surface area contributed by atoms with Crippen LogP contribution in [0.3, 0.4) is 0 Å². The third-order valence-corrected chi connectivity index (χ3v) is 6.90. The smallest absolute Gasteiger partial charge is 0.122 e. The molecular weight excluding hydrogens is 232 g/mol. The van der Waals surface area contributed by atoms with Gasteiger partial charge in [0.2, 0.25) is 0 Å². The van der Waals surface area contributed by atoms with Crippen LogP contribution in [0.15, 0.2) is 12.1 Å². The van der Waals surface area contributed by atoms with Crippen LogP contribution in [0.4, 0.5) is 0 Å². The van der Waals surface area contributed by atoms with Gasteiger partial charge in [-0.05, 0) is 72.5 Å². The molecule has 104 valence electrons. The summed E-state index contributed by atoms with van der Waals surface area (Å²) in [5.74, 6) is 1.90. The second-order valence-corrected chi connectivity index (χ2v) is 7.61. The average molecular weight is 258 g/mol. The lowest BCUT2D eigenvalue weighted by Gasteiger charge is -2.40. The van der Waals surface area contributed by atoms with E-state index in [0.717, 1.165) is 11.5 Å². The lowest BCUT2D eigenvalue weighted by atomic mass is 9.65. The number of hydrogen-bond acceptors (Lipinski definition) is 1. The molecule has 2 aliphatic rings. The Morgan fingerprint density at radius 3 is 2.37 bits per heavy atom. The zero-order valence-electron chi connectivity index (χ0n) is 12.9. The van der Waals surface area contributed by atoms with Gasteiger partial charge in [-0.2, -0.15) is 0 Å². The molecule has 0 heterocycles. The molecule has 1 aromatic rings. The maximum atomic E-state index is 10.6. The van der Waals surface area contributed by atoms with E-state index < -0.39 is 0 Å². The van der Waals surface area contributed by atoms with E-state index in [-0.39, 0.29) is 0 Å². The highest BCUT2D eigenvalue weighted by Crippen LogP contribution is 2.71. The van der Waals surface area contributed by atoms with Crippen LogP contribution in [0.5, 0.6) is 5.75 Å². The Morgan fingerprint density at radius 1 is 1.16 bits per heavy atom.